The molecule has 0 aliphatic rings. The normalized spacial score (nSPS) is 10.3. The van der Waals surface area contributed by atoms with E-state index in [1.807, 2.05) is 18.2 Å². The Morgan fingerprint density at radius 2 is 2.05 bits per heavy atom. The summed E-state index contributed by atoms with van der Waals surface area (Å²) in [5.41, 5.74) is 8.22. The second-order valence-corrected chi connectivity index (χ2v) is 4.62. The lowest BCUT2D eigenvalue weighted by Gasteiger charge is -2.11. The number of halogens is 1. The van der Waals surface area contributed by atoms with Crippen LogP contribution in [0, 0.1) is 5.82 Å². The van der Waals surface area contributed by atoms with Gasteiger partial charge in [-0.1, -0.05) is 19.1 Å². The molecular formula is C16H19FN2O. The van der Waals surface area contributed by atoms with Crippen molar-refractivity contribution in [3.63, 3.8) is 0 Å². The second-order valence-electron chi connectivity index (χ2n) is 4.62. The quantitative estimate of drug-likeness (QED) is 0.787. The van der Waals surface area contributed by atoms with Crippen LogP contribution in [0.4, 0.5) is 15.8 Å². The number of nitrogen functional groups attached to an aromatic ring is 1. The molecule has 2 aromatic rings. The van der Waals surface area contributed by atoms with Gasteiger partial charge in [0.05, 0.1) is 6.61 Å². The van der Waals surface area contributed by atoms with E-state index in [4.69, 9.17) is 10.5 Å². The summed E-state index contributed by atoms with van der Waals surface area (Å²) in [6.07, 6.45) is 0.945. The number of rotatable bonds is 6. The minimum Gasteiger partial charge on any atom is -0.493 e. The van der Waals surface area contributed by atoms with Gasteiger partial charge in [0.1, 0.15) is 11.6 Å². The highest BCUT2D eigenvalue weighted by molar-refractivity contribution is 5.59. The number of hydrogen-bond donors (Lipinski definition) is 2. The topological polar surface area (TPSA) is 47.3 Å². The summed E-state index contributed by atoms with van der Waals surface area (Å²) in [7, 11) is 0. The van der Waals surface area contributed by atoms with Crippen molar-refractivity contribution in [1.82, 2.24) is 0 Å². The van der Waals surface area contributed by atoms with Crippen LogP contribution in [0.3, 0.4) is 0 Å². The largest absolute Gasteiger partial charge is 0.493 e. The average molecular weight is 274 g/mol. The molecule has 106 valence electrons. The zero-order valence-electron chi connectivity index (χ0n) is 11.5. The fraction of sp³-hybridized carbons (Fsp3) is 0.250. The minimum absolute atomic E-state index is 0.233. The molecule has 20 heavy (non-hydrogen) atoms. The monoisotopic (exact) mass is 274 g/mol. The molecule has 4 heteroatoms. The van der Waals surface area contributed by atoms with E-state index in [0.29, 0.717) is 18.8 Å². The smallest absolute Gasteiger partial charge is 0.123 e. The van der Waals surface area contributed by atoms with E-state index in [0.717, 1.165) is 23.4 Å². The fourth-order valence-electron chi connectivity index (χ4n) is 1.88. The summed E-state index contributed by atoms with van der Waals surface area (Å²) in [5.74, 6) is 0.512. The van der Waals surface area contributed by atoms with E-state index in [1.165, 1.54) is 12.1 Å². The van der Waals surface area contributed by atoms with E-state index >= 15 is 0 Å². The molecular weight excluding hydrogens is 255 g/mol. The Hall–Kier alpha value is -2.23. The molecule has 0 aliphatic heterocycles. The Labute approximate surface area is 118 Å². The molecule has 0 aromatic heterocycles. The molecule has 2 aromatic carbocycles. The maximum absolute atomic E-state index is 13.1. The Morgan fingerprint density at radius 3 is 2.80 bits per heavy atom. The number of hydrogen-bond acceptors (Lipinski definition) is 3. The van der Waals surface area contributed by atoms with Crippen molar-refractivity contribution in [2.24, 2.45) is 0 Å². The summed E-state index contributed by atoms with van der Waals surface area (Å²) >= 11 is 0. The van der Waals surface area contributed by atoms with Gasteiger partial charge in [-0.25, -0.2) is 4.39 Å². The van der Waals surface area contributed by atoms with Crippen molar-refractivity contribution in [2.45, 2.75) is 19.9 Å². The summed E-state index contributed by atoms with van der Waals surface area (Å²) in [5, 5.41) is 3.22. The Kier molecular flexibility index (Phi) is 4.82. The first-order chi connectivity index (χ1) is 9.67. The van der Waals surface area contributed by atoms with Crippen molar-refractivity contribution in [2.75, 3.05) is 17.7 Å². The lowest BCUT2D eigenvalue weighted by molar-refractivity contribution is 0.318. The van der Waals surface area contributed by atoms with Crippen LogP contribution in [-0.4, -0.2) is 6.61 Å². The predicted molar refractivity (Wildman–Crippen MR) is 80.4 cm³/mol. The van der Waals surface area contributed by atoms with Crippen molar-refractivity contribution in [1.29, 1.82) is 0 Å². The summed E-state index contributed by atoms with van der Waals surface area (Å²) in [6, 6.07) is 12.0. The van der Waals surface area contributed by atoms with Gasteiger partial charge in [-0.3, -0.25) is 0 Å². The van der Waals surface area contributed by atoms with Crippen molar-refractivity contribution >= 4 is 11.4 Å². The second kappa shape index (κ2) is 6.80. The van der Waals surface area contributed by atoms with Crippen LogP contribution in [0.2, 0.25) is 0 Å². The molecule has 0 bridgehead atoms. The third-order valence-electron chi connectivity index (χ3n) is 2.79. The van der Waals surface area contributed by atoms with Gasteiger partial charge in [-0.05, 0) is 30.2 Å². The molecule has 0 amide bonds. The SMILES string of the molecule is CCCOc1cc(N)cc(NCc2cccc(F)c2)c1. The van der Waals surface area contributed by atoms with Crippen molar-refractivity contribution in [3.05, 3.63) is 53.8 Å². The number of nitrogens with one attached hydrogen (secondary N) is 1. The maximum Gasteiger partial charge on any atom is 0.123 e. The molecule has 3 N–H and O–H groups in total. The van der Waals surface area contributed by atoms with Crippen LogP contribution in [0.5, 0.6) is 5.75 Å². The minimum atomic E-state index is -0.233. The van der Waals surface area contributed by atoms with Crippen LogP contribution >= 0.6 is 0 Å². The molecule has 0 fully saturated rings. The first-order valence-corrected chi connectivity index (χ1v) is 6.69. The molecule has 0 saturated carbocycles. The van der Waals surface area contributed by atoms with Gasteiger partial charge in [0.2, 0.25) is 0 Å². The van der Waals surface area contributed by atoms with E-state index < -0.39 is 0 Å². The van der Waals surface area contributed by atoms with E-state index in [-0.39, 0.29) is 5.82 Å². The molecule has 0 spiro atoms. The molecule has 0 heterocycles. The van der Waals surface area contributed by atoms with Crippen LogP contribution in [-0.2, 0) is 6.54 Å². The van der Waals surface area contributed by atoms with Crippen molar-refractivity contribution < 1.29 is 9.13 Å². The Morgan fingerprint density at radius 1 is 1.20 bits per heavy atom. The molecule has 0 unspecified atom stereocenters. The Bertz CT molecular complexity index is 572. The lowest BCUT2D eigenvalue weighted by atomic mass is 10.2. The van der Waals surface area contributed by atoms with Gasteiger partial charge in [-0.2, -0.15) is 0 Å². The van der Waals surface area contributed by atoms with Crippen molar-refractivity contribution in [3.8, 4) is 5.75 Å². The maximum atomic E-state index is 13.1. The van der Waals surface area contributed by atoms with Gasteiger partial charge in [0.25, 0.3) is 0 Å². The standard InChI is InChI=1S/C16H19FN2O/c1-2-6-20-16-9-14(18)8-15(10-16)19-11-12-4-3-5-13(17)7-12/h3-5,7-10,19H,2,6,11,18H2,1H3. The first-order valence-electron chi connectivity index (χ1n) is 6.69. The van der Waals surface area contributed by atoms with Gasteiger partial charge in [0.15, 0.2) is 0 Å². The average Bonchev–Trinajstić information content (AvgIpc) is 2.42. The lowest BCUT2D eigenvalue weighted by Crippen LogP contribution is -2.02. The fourth-order valence-corrected chi connectivity index (χ4v) is 1.88. The first kappa shape index (κ1) is 14.2. The van der Waals surface area contributed by atoms with Crippen LogP contribution in [0.25, 0.3) is 0 Å². The highest BCUT2D eigenvalue weighted by Crippen LogP contribution is 2.23. The number of benzene rings is 2. The van der Waals surface area contributed by atoms with Crippen LogP contribution in [0.1, 0.15) is 18.9 Å². The number of anilines is 2. The van der Waals surface area contributed by atoms with E-state index in [9.17, 15) is 4.39 Å². The summed E-state index contributed by atoms with van der Waals surface area (Å²) in [6.45, 7) is 3.25. The van der Waals surface area contributed by atoms with Crippen LogP contribution in [0.15, 0.2) is 42.5 Å². The predicted octanol–water partition coefficient (Wildman–Crippen LogP) is 3.81. The highest BCUT2D eigenvalue weighted by atomic mass is 19.1. The number of nitrogens with two attached hydrogens (primary N) is 1. The third-order valence-corrected chi connectivity index (χ3v) is 2.79. The molecule has 3 nitrogen and oxygen atoms in total. The summed E-state index contributed by atoms with van der Waals surface area (Å²) in [4.78, 5) is 0. The third kappa shape index (κ3) is 4.16. The van der Waals surface area contributed by atoms with E-state index in [1.54, 1.807) is 12.1 Å². The molecule has 0 saturated heterocycles. The van der Waals surface area contributed by atoms with Gasteiger partial charge in [-0.15, -0.1) is 0 Å². The van der Waals surface area contributed by atoms with Crippen LogP contribution < -0.4 is 15.8 Å². The molecule has 2 rings (SSSR count). The zero-order valence-corrected chi connectivity index (χ0v) is 11.5. The molecule has 0 atom stereocenters. The Balaban J connectivity index is 2.03. The van der Waals surface area contributed by atoms with Gasteiger partial charge >= 0.3 is 0 Å². The zero-order chi connectivity index (χ0) is 14.4. The summed E-state index contributed by atoms with van der Waals surface area (Å²) < 4.78 is 18.7. The highest BCUT2D eigenvalue weighted by Gasteiger charge is 2.01. The van der Waals surface area contributed by atoms with Gasteiger partial charge in [0, 0.05) is 30.1 Å². The molecule has 0 radical (unpaired) electrons. The van der Waals surface area contributed by atoms with Gasteiger partial charge < -0.3 is 15.8 Å². The van der Waals surface area contributed by atoms with E-state index in [2.05, 4.69) is 12.2 Å². The number of ether oxygens (including phenoxy) is 1. The molecule has 0 aliphatic carbocycles.